The van der Waals surface area contributed by atoms with Crippen molar-refractivity contribution >= 4 is 0 Å². The summed E-state index contributed by atoms with van der Waals surface area (Å²) in [5.41, 5.74) is -3.37. The maximum atomic E-state index is 13.3. The third kappa shape index (κ3) is 2.85. The first-order valence-electron chi connectivity index (χ1n) is 7.51. The summed E-state index contributed by atoms with van der Waals surface area (Å²) in [6, 6.07) is 6.12. The van der Waals surface area contributed by atoms with Crippen LogP contribution in [0.1, 0.15) is 24.1 Å². The Morgan fingerprint density at radius 3 is 2.44 bits per heavy atom. The molecule has 2 atom stereocenters. The van der Waals surface area contributed by atoms with Crippen molar-refractivity contribution in [2.24, 2.45) is 0 Å². The maximum absolute atomic E-state index is 13.3. The first-order chi connectivity index (χ1) is 11.7. The fourth-order valence-electron chi connectivity index (χ4n) is 2.70. The molecule has 1 aromatic heterocycles. The van der Waals surface area contributed by atoms with Crippen LogP contribution in [0.3, 0.4) is 0 Å². The highest BCUT2D eigenvalue weighted by atomic mass is 19.4. The maximum Gasteiger partial charge on any atom is 0.425 e. The first kappa shape index (κ1) is 17.6. The van der Waals surface area contributed by atoms with Gasteiger partial charge >= 0.3 is 6.18 Å². The lowest BCUT2D eigenvalue weighted by atomic mass is 9.93. The highest BCUT2D eigenvalue weighted by Crippen LogP contribution is 2.45. The summed E-state index contributed by atoms with van der Waals surface area (Å²) in [6.45, 7) is 0.439. The van der Waals surface area contributed by atoms with Crippen molar-refractivity contribution in [3.63, 3.8) is 0 Å². The average Bonchev–Trinajstić information content (AvgIpc) is 2.94. The predicted molar refractivity (Wildman–Crippen MR) is 80.6 cm³/mol. The standard InChI is InChI=1S/C17H15F4NO3/c1-9-7-25-15-12(9)6-13(16(24,8-23)17(19,20)21)22-14(15)10-2-4-11(18)5-3-10/h2-6,9,23-24H,7-8H2,1H3/t9-,16?/m1/s1. The zero-order valence-electron chi connectivity index (χ0n) is 13.1. The van der Waals surface area contributed by atoms with E-state index in [-0.39, 0.29) is 18.2 Å². The van der Waals surface area contributed by atoms with Crippen LogP contribution in [0, 0.1) is 5.82 Å². The molecule has 0 radical (unpaired) electrons. The summed E-state index contributed by atoms with van der Waals surface area (Å²) in [5.74, 6) is -0.426. The minimum atomic E-state index is -5.12. The number of nitrogens with zero attached hydrogens (tertiary/aromatic N) is 1. The third-order valence-electron chi connectivity index (χ3n) is 4.25. The van der Waals surface area contributed by atoms with Gasteiger partial charge in [0.05, 0.1) is 18.9 Å². The van der Waals surface area contributed by atoms with Crippen LogP contribution >= 0.6 is 0 Å². The van der Waals surface area contributed by atoms with Crippen LogP contribution in [-0.4, -0.2) is 34.6 Å². The first-order valence-corrected chi connectivity index (χ1v) is 7.51. The summed E-state index contributed by atoms with van der Waals surface area (Å²) in [7, 11) is 0. The zero-order valence-corrected chi connectivity index (χ0v) is 13.1. The number of aliphatic hydroxyl groups is 2. The van der Waals surface area contributed by atoms with Crippen LogP contribution in [0.25, 0.3) is 11.3 Å². The fraction of sp³-hybridized carbons (Fsp3) is 0.353. The molecule has 1 aromatic carbocycles. The van der Waals surface area contributed by atoms with E-state index in [4.69, 9.17) is 4.74 Å². The lowest BCUT2D eigenvalue weighted by Gasteiger charge is -2.28. The monoisotopic (exact) mass is 357 g/mol. The molecular formula is C17H15F4NO3. The number of aliphatic hydroxyl groups excluding tert-OH is 1. The van der Waals surface area contributed by atoms with Gasteiger partial charge in [-0.05, 0) is 30.3 Å². The molecule has 2 aromatic rings. The molecule has 0 spiro atoms. The molecule has 25 heavy (non-hydrogen) atoms. The predicted octanol–water partition coefficient (Wildman–Crippen LogP) is 3.13. The second-order valence-electron chi connectivity index (χ2n) is 6.01. The molecule has 0 saturated heterocycles. The van der Waals surface area contributed by atoms with Crippen molar-refractivity contribution in [3.05, 3.63) is 47.4 Å². The summed E-state index contributed by atoms with van der Waals surface area (Å²) in [4.78, 5) is 3.91. The minimum absolute atomic E-state index is 0.0629. The van der Waals surface area contributed by atoms with E-state index in [9.17, 15) is 27.8 Å². The van der Waals surface area contributed by atoms with E-state index in [1.165, 1.54) is 12.1 Å². The van der Waals surface area contributed by atoms with E-state index in [1.54, 1.807) is 6.92 Å². The van der Waals surface area contributed by atoms with E-state index in [0.717, 1.165) is 18.2 Å². The number of rotatable bonds is 3. The molecule has 2 N–H and O–H groups in total. The summed E-state index contributed by atoms with van der Waals surface area (Å²) in [6.07, 6.45) is -5.12. The average molecular weight is 357 g/mol. The molecule has 0 saturated carbocycles. The normalized spacial score (nSPS) is 19.2. The van der Waals surface area contributed by atoms with Gasteiger partial charge in [-0.2, -0.15) is 13.2 Å². The van der Waals surface area contributed by atoms with Crippen molar-refractivity contribution in [1.82, 2.24) is 4.98 Å². The number of fused-ring (bicyclic) bond motifs is 1. The minimum Gasteiger partial charge on any atom is -0.490 e. The van der Waals surface area contributed by atoms with Gasteiger partial charge in [-0.3, -0.25) is 0 Å². The van der Waals surface area contributed by atoms with Gasteiger partial charge < -0.3 is 14.9 Å². The summed E-state index contributed by atoms with van der Waals surface area (Å²) in [5, 5.41) is 19.2. The lowest BCUT2D eigenvalue weighted by molar-refractivity contribution is -0.279. The molecule has 0 fully saturated rings. The van der Waals surface area contributed by atoms with Crippen LogP contribution in [0.15, 0.2) is 30.3 Å². The van der Waals surface area contributed by atoms with Crippen LogP contribution < -0.4 is 4.74 Å². The Balaban J connectivity index is 2.24. The van der Waals surface area contributed by atoms with E-state index < -0.39 is 29.9 Å². The van der Waals surface area contributed by atoms with Gasteiger partial charge in [-0.15, -0.1) is 0 Å². The summed E-state index contributed by atoms with van der Waals surface area (Å²) >= 11 is 0. The number of pyridine rings is 1. The van der Waals surface area contributed by atoms with Crippen LogP contribution in [0.4, 0.5) is 17.6 Å². The number of aromatic nitrogens is 1. The number of hydrogen-bond donors (Lipinski definition) is 2. The third-order valence-corrected chi connectivity index (χ3v) is 4.25. The second kappa shape index (κ2) is 5.96. The number of halogens is 4. The Bertz CT molecular complexity index is 792. The van der Waals surface area contributed by atoms with Gasteiger partial charge in [-0.1, -0.05) is 6.92 Å². The van der Waals surface area contributed by atoms with Crippen molar-refractivity contribution in [3.8, 4) is 17.0 Å². The number of ether oxygens (including phenoxy) is 1. The van der Waals surface area contributed by atoms with E-state index in [1.807, 2.05) is 0 Å². The van der Waals surface area contributed by atoms with Crippen molar-refractivity contribution in [2.45, 2.75) is 24.6 Å². The quantitative estimate of drug-likeness (QED) is 0.829. The highest BCUT2D eigenvalue weighted by molar-refractivity contribution is 5.70. The van der Waals surface area contributed by atoms with Crippen LogP contribution in [0.2, 0.25) is 0 Å². The Morgan fingerprint density at radius 2 is 1.88 bits per heavy atom. The molecule has 3 rings (SSSR count). The fourth-order valence-corrected chi connectivity index (χ4v) is 2.70. The number of hydrogen-bond acceptors (Lipinski definition) is 4. The molecule has 134 valence electrons. The van der Waals surface area contributed by atoms with Gasteiger partial charge in [0.25, 0.3) is 0 Å². The Kier molecular flexibility index (Phi) is 4.20. The SMILES string of the molecule is C[C@@H]1COc2c1cc(C(O)(CO)C(F)(F)F)nc2-c1ccc(F)cc1. The molecule has 0 amide bonds. The molecule has 0 aliphatic carbocycles. The van der Waals surface area contributed by atoms with Crippen molar-refractivity contribution < 1.29 is 32.5 Å². The van der Waals surface area contributed by atoms with Crippen molar-refractivity contribution in [1.29, 1.82) is 0 Å². The van der Waals surface area contributed by atoms with E-state index >= 15 is 0 Å². The lowest BCUT2D eigenvalue weighted by Crippen LogP contribution is -2.46. The van der Waals surface area contributed by atoms with Crippen molar-refractivity contribution in [2.75, 3.05) is 13.2 Å². The smallest absolute Gasteiger partial charge is 0.425 e. The van der Waals surface area contributed by atoms with Gasteiger partial charge in [0.2, 0.25) is 5.60 Å². The van der Waals surface area contributed by atoms with Gasteiger partial charge in [0, 0.05) is 17.0 Å². The molecule has 2 heterocycles. The Labute approximate surface area is 140 Å². The largest absolute Gasteiger partial charge is 0.490 e. The van der Waals surface area contributed by atoms with E-state index in [2.05, 4.69) is 4.98 Å². The van der Waals surface area contributed by atoms with Gasteiger partial charge in [-0.25, -0.2) is 9.37 Å². The van der Waals surface area contributed by atoms with Crippen LogP contribution in [-0.2, 0) is 5.60 Å². The zero-order chi connectivity index (χ0) is 18.4. The molecule has 8 heteroatoms. The molecule has 0 bridgehead atoms. The summed E-state index contributed by atoms with van der Waals surface area (Å²) < 4.78 is 58.6. The Hall–Kier alpha value is -2.19. The van der Waals surface area contributed by atoms with Gasteiger partial charge in [0.15, 0.2) is 0 Å². The molecule has 1 unspecified atom stereocenters. The Morgan fingerprint density at radius 1 is 1.24 bits per heavy atom. The highest BCUT2D eigenvalue weighted by Gasteiger charge is 2.56. The van der Waals surface area contributed by atoms with E-state index in [0.29, 0.717) is 16.9 Å². The number of alkyl halides is 3. The molecule has 1 aliphatic heterocycles. The molecule has 4 nitrogen and oxygen atoms in total. The number of benzene rings is 1. The molecular weight excluding hydrogens is 342 g/mol. The molecule has 1 aliphatic rings. The van der Waals surface area contributed by atoms with Gasteiger partial charge in [0.1, 0.15) is 17.3 Å². The topological polar surface area (TPSA) is 62.6 Å². The van der Waals surface area contributed by atoms with Crippen LogP contribution in [0.5, 0.6) is 5.75 Å². The second-order valence-corrected chi connectivity index (χ2v) is 6.01.